The average molecular weight is 383 g/mol. The number of benzene rings is 1. The molecule has 0 bridgehead atoms. The molecule has 0 aliphatic carbocycles. The Bertz CT molecular complexity index is 864. The van der Waals surface area contributed by atoms with E-state index in [2.05, 4.69) is 10.1 Å². The lowest BCUT2D eigenvalue weighted by Crippen LogP contribution is -2.43. The highest BCUT2D eigenvalue weighted by atomic mass is 32.1. The molecule has 3 heterocycles. The fourth-order valence-electron chi connectivity index (χ4n) is 3.19. The van der Waals surface area contributed by atoms with E-state index >= 15 is 0 Å². The summed E-state index contributed by atoms with van der Waals surface area (Å²) in [5, 5.41) is 5.95. The SMILES string of the molecule is O=C(c1cccs1)N1CCCC(OCCc2noc(-c3ccccc3)n2)C1. The van der Waals surface area contributed by atoms with Crippen LogP contribution in [-0.2, 0) is 11.2 Å². The molecule has 0 saturated carbocycles. The van der Waals surface area contributed by atoms with Crippen molar-refractivity contribution in [1.82, 2.24) is 15.0 Å². The Labute approximate surface area is 161 Å². The van der Waals surface area contributed by atoms with Crippen molar-refractivity contribution in [2.75, 3.05) is 19.7 Å². The first-order valence-electron chi connectivity index (χ1n) is 9.12. The molecule has 1 aliphatic heterocycles. The summed E-state index contributed by atoms with van der Waals surface area (Å²) in [7, 11) is 0. The van der Waals surface area contributed by atoms with Gasteiger partial charge < -0.3 is 14.2 Å². The van der Waals surface area contributed by atoms with Crippen molar-refractivity contribution < 1.29 is 14.1 Å². The molecule has 1 unspecified atom stereocenters. The van der Waals surface area contributed by atoms with Crippen molar-refractivity contribution in [3.63, 3.8) is 0 Å². The summed E-state index contributed by atoms with van der Waals surface area (Å²) in [6.07, 6.45) is 2.58. The first-order valence-corrected chi connectivity index (χ1v) is 10.00. The number of ether oxygens (including phenoxy) is 1. The number of amides is 1. The maximum Gasteiger partial charge on any atom is 0.264 e. The van der Waals surface area contributed by atoms with Gasteiger partial charge in [0.05, 0.1) is 17.6 Å². The third kappa shape index (κ3) is 4.43. The second kappa shape index (κ2) is 8.45. The zero-order chi connectivity index (χ0) is 18.5. The smallest absolute Gasteiger partial charge is 0.264 e. The fraction of sp³-hybridized carbons (Fsp3) is 0.350. The number of carbonyl (C=O) groups is 1. The van der Waals surface area contributed by atoms with Gasteiger partial charge in [-0.15, -0.1) is 11.3 Å². The Hall–Kier alpha value is -2.51. The van der Waals surface area contributed by atoms with Gasteiger partial charge >= 0.3 is 0 Å². The lowest BCUT2D eigenvalue weighted by atomic mass is 10.1. The summed E-state index contributed by atoms with van der Waals surface area (Å²) in [4.78, 5) is 19.6. The summed E-state index contributed by atoms with van der Waals surface area (Å²) in [5.41, 5.74) is 0.909. The van der Waals surface area contributed by atoms with Gasteiger partial charge in [-0.3, -0.25) is 4.79 Å². The van der Waals surface area contributed by atoms with E-state index in [9.17, 15) is 4.79 Å². The van der Waals surface area contributed by atoms with Crippen LogP contribution in [0.2, 0.25) is 0 Å². The van der Waals surface area contributed by atoms with Gasteiger partial charge in [-0.05, 0) is 36.4 Å². The highest BCUT2D eigenvalue weighted by Gasteiger charge is 2.25. The van der Waals surface area contributed by atoms with Crippen molar-refractivity contribution in [2.24, 2.45) is 0 Å². The monoisotopic (exact) mass is 383 g/mol. The average Bonchev–Trinajstić information content (AvgIpc) is 3.41. The van der Waals surface area contributed by atoms with Gasteiger partial charge in [0.2, 0.25) is 0 Å². The zero-order valence-electron chi connectivity index (χ0n) is 14.9. The molecule has 140 valence electrons. The van der Waals surface area contributed by atoms with Gasteiger partial charge in [0.1, 0.15) is 0 Å². The number of likely N-dealkylation sites (tertiary alicyclic amines) is 1. The predicted octanol–water partition coefficient (Wildman–Crippen LogP) is 3.66. The van der Waals surface area contributed by atoms with Crippen LogP contribution in [0.15, 0.2) is 52.4 Å². The molecule has 1 saturated heterocycles. The van der Waals surface area contributed by atoms with Crippen LogP contribution in [0, 0.1) is 0 Å². The molecular formula is C20H21N3O3S. The highest BCUT2D eigenvalue weighted by molar-refractivity contribution is 7.12. The number of hydrogen-bond donors (Lipinski definition) is 0. The zero-order valence-corrected chi connectivity index (χ0v) is 15.7. The van der Waals surface area contributed by atoms with E-state index in [1.807, 2.05) is 52.7 Å². The molecule has 3 aromatic rings. The third-order valence-electron chi connectivity index (χ3n) is 4.57. The maximum atomic E-state index is 12.5. The van der Waals surface area contributed by atoms with E-state index in [1.54, 1.807) is 0 Å². The molecule has 1 fully saturated rings. The van der Waals surface area contributed by atoms with Crippen LogP contribution in [0.4, 0.5) is 0 Å². The minimum atomic E-state index is 0.0585. The number of carbonyl (C=O) groups excluding carboxylic acids is 1. The van der Waals surface area contributed by atoms with Crippen LogP contribution >= 0.6 is 11.3 Å². The molecule has 6 nitrogen and oxygen atoms in total. The molecule has 0 spiro atoms. The molecule has 7 heteroatoms. The van der Waals surface area contributed by atoms with Crippen LogP contribution < -0.4 is 0 Å². The Kier molecular flexibility index (Phi) is 5.60. The van der Waals surface area contributed by atoms with Crippen LogP contribution in [-0.4, -0.2) is 46.7 Å². The maximum absolute atomic E-state index is 12.5. The molecule has 4 rings (SSSR count). The van der Waals surface area contributed by atoms with Crippen molar-refractivity contribution in [3.05, 3.63) is 58.5 Å². The predicted molar refractivity (Wildman–Crippen MR) is 103 cm³/mol. The summed E-state index contributed by atoms with van der Waals surface area (Å²) < 4.78 is 11.3. The van der Waals surface area contributed by atoms with E-state index in [1.165, 1.54) is 11.3 Å². The molecule has 1 amide bonds. The van der Waals surface area contributed by atoms with E-state index in [-0.39, 0.29) is 12.0 Å². The van der Waals surface area contributed by atoms with Gasteiger partial charge in [-0.1, -0.05) is 29.4 Å². The Morgan fingerprint density at radius 2 is 2.15 bits per heavy atom. The number of aromatic nitrogens is 2. The molecule has 1 atom stereocenters. The molecule has 1 aliphatic rings. The van der Waals surface area contributed by atoms with E-state index in [0.29, 0.717) is 31.3 Å². The van der Waals surface area contributed by atoms with Crippen LogP contribution in [0.1, 0.15) is 28.3 Å². The second-order valence-electron chi connectivity index (χ2n) is 6.50. The van der Waals surface area contributed by atoms with E-state index in [4.69, 9.17) is 9.26 Å². The van der Waals surface area contributed by atoms with Gasteiger partial charge in [0.25, 0.3) is 11.8 Å². The second-order valence-corrected chi connectivity index (χ2v) is 7.44. The Balaban J connectivity index is 1.27. The number of piperidine rings is 1. The molecule has 0 N–H and O–H groups in total. The van der Waals surface area contributed by atoms with Gasteiger partial charge in [-0.2, -0.15) is 4.98 Å². The van der Waals surface area contributed by atoms with Crippen LogP contribution in [0.25, 0.3) is 11.5 Å². The Morgan fingerprint density at radius 3 is 2.96 bits per heavy atom. The topological polar surface area (TPSA) is 68.5 Å². The number of nitrogens with zero attached hydrogens (tertiary/aromatic N) is 3. The van der Waals surface area contributed by atoms with E-state index < -0.39 is 0 Å². The van der Waals surface area contributed by atoms with Gasteiger partial charge in [0, 0.05) is 25.1 Å². The number of hydrogen-bond acceptors (Lipinski definition) is 6. The summed E-state index contributed by atoms with van der Waals surface area (Å²) in [6, 6.07) is 13.5. The first-order chi connectivity index (χ1) is 13.3. The van der Waals surface area contributed by atoms with E-state index in [0.717, 1.165) is 29.8 Å². The quantitative estimate of drug-likeness (QED) is 0.650. The van der Waals surface area contributed by atoms with Crippen LogP contribution in [0.5, 0.6) is 0 Å². The minimum absolute atomic E-state index is 0.0585. The summed E-state index contributed by atoms with van der Waals surface area (Å²) in [5.74, 6) is 1.26. The Morgan fingerprint density at radius 1 is 1.26 bits per heavy atom. The molecule has 1 aromatic carbocycles. The van der Waals surface area contributed by atoms with Gasteiger partial charge in [-0.25, -0.2) is 0 Å². The fourth-order valence-corrected chi connectivity index (χ4v) is 3.88. The minimum Gasteiger partial charge on any atom is -0.376 e. The van der Waals surface area contributed by atoms with Crippen molar-refractivity contribution in [2.45, 2.75) is 25.4 Å². The van der Waals surface area contributed by atoms with Crippen molar-refractivity contribution >= 4 is 17.2 Å². The number of thiophene rings is 1. The van der Waals surface area contributed by atoms with Crippen molar-refractivity contribution in [3.8, 4) is 11.5 Å². The standard InChI is InChI=1S/C20H21N3O3S/c24-20(17-9-5-13-27-17)23-11-4-8-16(14-23)25-12-10-18-21-19(26-22-18)15-6-2-1-3-7-15/h1-3,5-7,9,13,16H,4,8,10-12,14H2. The summed E-state index contributed by atoms with van der Waals surface area (Å²) in [6.45, 7) is 1.94. The highest BCUT2D eigenvalue weighted by Crippen LogP contribution is 2.19. The van der Waals surface area contributed by atoms with Gasteiger partial charge in [0.15, 0.2) is 5.82 Å². The van der Waals surface area contributed by atoms with Crippen LogP contribution in [0.3, 0.4) is 0 Å². The molecule has 27 heavy (non-hydrogen) atoms. The molecule has 0 radical (unpaired) electrons. The normalized spacial score (nSPS) is 17.2. The molecular weight excluding hydrogens is 362 g/mol. The number of rotatable bonds is 6. The first kappa shape index (κ1) is 17.9. The molecule has 2 aromatic heterocycles. The lowest BCUT2D eigenvalue weighted by Gasteiger charge is -2.32. The van der Waals surface area contributed by atoms with Crippen molar-refractivity contribution in [1.29, 1.82) is 0 Å². The third-order valence-corrected chi connectivity index (χ3v) is 5.42. The largest absolute Gasteiger partial charge is 0.376 e. The summed E-state index contributed by atoms with van der Waals surface area (Å²) >= 11 is 1.48. The lowest BCUT2D eigenvalue weighted by molar-refractivity contribution is 0.00267.